The van der Waals surface area contributed by atoms with Crippen molar-refractivity contribution in [3.05, 3.63) is 193 Å². The summed E-state index contributed by atoms with van der Waals surface area (Å²) in [5.41, 5.74) is 11.3. The van der Waals surface area contributed by atoms with Crippen LogP contribution >= 0.6 is 0 Å². The number of nitrogens with zero attached hydrogens (tertiary/aromatic N) is 4. The summed E-state index contributed by atoms with van der Waals surface area (Å²) in [4.78, 5) is 10.2. The zero-order chi connectivity index (χ0) is 37.0. The van der Waals surface area contributed by atoms with E-state index < -0.39 is 0 Å². The lowest BCUT2D eigenvalue weighted by Gasteiger charge is -2.35. The predicted octanol–water partition coefficient (Wildman–Crippen LogP) is 10.0. The van der Waals surface area contributed by atoms with Crippen molar-refractivity contribution in [2.75, 3.05) is 0 Å². The number of fused-ring (bicyclic) bond motifs is 6. The van der Waals surface area contributed by atoms with Crippen molar-refractivity contribution in [1.82, 2.24) is 25.1 Å². The molecule has 3 N–H and O–H groups in total. The number of hydrogen-bond donors (Lipinski definition) is 3. The summed E-state index contributed by atoms with van der Waals surface area (Å²) < 4.78 is 4.67. The Labute approximate surface area is 324 Å². The van der Waals surface area contributed by atoms with E-state index in [0.29, 0.717) is 0 Å². The van der Waals surface area contributed by atoms with Gasteiger partial charge in [-0.05, 0) is 65.2 Å². The molecule has 0 saturated heterocycles. The number of aromatic nitrogens is 2. The van der Waals surface area contributed by atoms with Gasteiger partial charge in [0.05, 0.1) is 27.8 Å². The summed E-state index contributed by atoms with van der Waals surface area (Å²) in [6.45, 7) is 0. The van der Waals surface area contributed by atoms with Crippen molar-refractivity contribution in [2.24, 2.45) is 9.98 Å². The van der Waals surface area contributed by atoms with Gasteiger partial charge in [0, 0.05) is 45.2 Å². The molecule has 7 heteroatoms. The lowest BCUT2D eigenvalue weighted by atomic mass is 10.0. The molecule has 0 amide bonds. The van der Waals surface area contributed by atoms with Gasteiger partial charge >= 0.3 is 0 Å². The van der Waals surface area contributed by atoms with Crippen molar-refractivity contribution < 1.29 is 0 Å². The van der Waals surface area contributed by atoms with Crippen molar-refractivity contribution >= 4 is 61.4 Å². The molecule has 0 saturated carbocycles. The van der Waals surface area contributed by atoms with Crippen molar-refractivity contribution in [2.45, 2.75) is 18.5 Å². The van der Waals surface area contributed by atoms with Gasteiger partial charge in [-0.15, -0.1) is 0 Å². The van der Waals surface area contributed by atoms with Crippen LogP contribution < -0.4 is 16.0 Å². The Morgan fingerprint density at radius 2 is 1.02 bits per heavy atom. The molecule has 3 unspecified atom stereocenters. The highest BCUT2D eigenvalue weighted by Gasteiger charge is 2.30. The predicted molar refractivity (Wildman–Crippen MR) is 231 cm³/mol. The average molecular weight is 724 g/mol. The van der Waals surface area contributed by atoms with Gasteiger partial charge in [-0.25, -0.2) is 4.99 Å². The average Bonchev–Trinajstić information content (AvgIpc) is 3.79. The molecule has 3 atom stereocenters. The maximum atomic E-state index is 5.11. The zero-order valence-electron chi connectivity index (χ0n) is 30.4. The van der Waals surface area contributed by atoms with E-state index in [2.05, 4.69) is 183 Å². The van der Waals surface area contributed by atoms with E-state index in [0.717, 1.165) is 39.4 Å². The molecule has 4 heterocycles. The van der Waals surface area contributed by atoms with Crippen LogP contribution in [0.15, 0.2) is 192 Å². The first-order valence-corrected chi connectivity index (χ1v) is 19.1. The second kappa shape index (κ2) is 13.3. The summed E-state index contributed by atoms with van der Waals surface area (Å²) in [5, 5.41) is 15.8. The van der Waals surface area contributed by atoms with Crippen LogP contribution in [0, 0.1) is 0 Å². The fourth-order valence-electron chi connectivity index (χ4n) is 8.44. The molecule has 9 aromatic rings. The molecule has 0 radical (unpaired) electrons. The van der Waals surface area contributed by atoms with Gasteiger partial charge in [0.25, 0.3) is 0 Å². The molecule has 2 aromatic heterocycles. The largest absolute Gasteiger partial charge is 0.365 e. The molecule has 0 aliphatic carbocycles. The van der Waals surface area contributed by atoms with E-state index in [1.54, 1.807) is 0 Å². The molecule has 2 aliphatic rings. The molecular weight excluding hydrogens is 687 g/mol. The number of benzene rings is 7. The third-order valence-electron chi connectivity index (χ3n) is 11.1. The minimum atomic E-state index is -0.300. The Bertz CT molecular complexity index is 3010. The van der Waals surface area contributed by atoms with Crippen molar-refractivity contribution in [1.29, 1.82) is 0 Å². The summed E-state index contributed by atoms with van der Waals surface area (Å²) in [5.74, 6) is 0.842. The number of allylic oxidation sites excluding steroid dienone is 1. The maximum absolute atomic E-state index is 5.11. The molecule has 11 rings (SSSR count). The van der Waals surface area contributed by atoms with Crippen LogP contribution in [0.2, 0.25) is 0 Å². The number of hydrogen-bond acceptors (Lipinski definition) is 5. The number of nitrogens with one attached hydrogen (secondary N) is 3. The van der Waals surface area contributed by atoms with E-state index in [9.17, 15) is 0 Å². The zero-order valence-corrected chi connectivity index (χ0v) is 30.4. The molecule has 0 fully saturated rings. The Morgan fingerprint density at radius 1 is 0.464 bits per heavy atom. The Morgan fingerprint density at radius 3 is 1.66 bits per heavy atom. The maximum Gasteiger partial charge on any atom is 0.154 e. The van der Waals surface area contributed by atoms with E-state index in [4.69, 9.17) is 9.98 Å². The highest BCUT2D eigenvalue weighted by molar-refractivity contribution is 6.17. The van der Waals surface area contributed by atoms with Crippen LogP contribution in [0.4, 0.5) is 0 Å². The normalized spacial score (nSPS) is 18.2. The molecule has 56 heavy (non-hydrogen) atoms. The van der Waals surface area contributed by atoms with Crippen LogP contribution in [0.5, 0.6) is 0 Å². The summed E-state index contributed by atoms with van der Waals surface area (Å²) in [7, 11) is 0. The summed E-state index contributed by atoms with van der Waals surface area (Å²) in [6.07, 6.45) is 3.34. The summed E-state index contributed by atoms with van der Waals surface area (Å²) in [6, 6.07) is 62.3. The third kappa shape index (κ3) is 5.40. The highest BCUT2D eigenvalue weighted by Crippen LogP contribution is 2.38. The van der Waals surface area contributed by atoms with E-state index >= 15 is 0 Å². The Balaban J connectivity index is 0.948. The SMILES string of the molecule is C1=NC(C2N=C(c3ccccc3)NC(c3ccccc3)N2)NC=C1n1c2ccccc2c2cc(-c3ccc4c(c3)c3ccccc3n4-c3ccccc3)ccc21. The van der Waals surface area contributed by atoms with Gasteiger partial charge < -0.3 is 19.8 Å². The quantitative estimate of drug-likeness (QED) is 0.160. The van der Waals surface area contributed by atoms with Gasteiger partial charge in [-0.2, -0.15) is 0 Å². The second-order valence-electron chi connectivity index (χ2n) is 14.4. The Kier molecular flexibility index (Phi) is 7.64. The van der Waals surface area contributed by atoms with E-state index in [1.807, 2.05) is 30.5 Å². The number of rotatable bonds is 6. The van der Waals surface area contributed by atoms with E-state index in [-0.39, 0.29) is 18.5 Å². The van der Waals surface area contributed by atoms with Crippen LogP contribution in [0.25, 0.3) is 66.1 Å². The third-order valence-corrected chi connectivity index (χ3v) is 11.1. The lowest BCUT2D eigenvalue weighted by molar-refractivity contribution is 0.339. The first-order valence-electron chi connectivity index (χ1n) is 19.1. The van der Waals surface area contributed by atoms with Crippen molar-refractivity contribution in [3.63, 3.8) is 0 Å². The van der Waals surface area contributed by atoms with Gasteiger partial charge in [-0.1, -0.05) is 127 Å². The number of aliphatic imine (C=N–C) groups is 2. The minimum absolute atomic E-state index is 0.119. The fourth-order valence-corrected chi connectivity index (χ4v) is 8.44. The van der Waals surface area contributed by atoms with Crippen LogP contribution in [-0.4, -0.2) is 33.5 Å². The molecule has 2 aliphatic heterocycles. The van der Waals surface area contributed by atoms with Crippen LogP contribution in [-0.2, 0) is 0 Å². The standard InChI is InChI=1S/C49H37N7/c1-4-14-32(15-5-1)46-52-47(33-16-6-2-7-17-33)54-49(53-46)48-50-30-37(31-51-48)56-43-23-13-11-21-39(43)41-29-35(25-27-45(41)56)34-24-26-44-40(28-34)38-20-10-12-22-42(38)55(44)36-18-8-3-9-19-36/h1-31,46,48-50,53H,(H,52,54). The minimum Gasteiger partial charge on any atom is -0.365 e. The topological polar surface area (TPSA) is 70.7 Å². The first kappa shape index (κ1) is 32.2. The first-order chi connectivity index (χ1) is 27.8. The second-order valence-corrected chi connectivity index (χ2v) is 14.4. The molecule has 7 aromatic carbocycles. The smallest absolute Gasteiger partial charge is 0.154 e. The van der Waals surface area contributed by atoms with Crippen molar-refractivity contribution in [3.8, 4) is 16.8 Å². The number of amidine groups is 1. The number of para-hydroxylation sites is 3. The molecular formula is C49H37N7. The monoisotopic (exact) mass is 723 g/mol. The molecule has 7 nitrogen and oxygen atoms in total. The van der Waals surface area contributed by atoms with Gasteiger partial charge in [0.1, 0.15) is 18.2 Å². The highest BCUT2D eigenvalue weighted by atomic mass is 15.3. The fraction of sp³-hybridized carbons (Fsp3) is 0.0612. The molecule has 0 spiro atoms. The summed E-state index contributed by atoms with van der Waals surface area (Å²) >= 11 is 0. The van der Waals surface area contributed by atoms with Crippen LogP contribution in [0.3, 0.4) is 0 Å². The molecule has 268 valence electrons. The van der Waals surface area contributed by atoms with Gasteiger partial charge in [0.15, 0.2) is 6.17 Å². The van der Waals surface area contributed by atoms with Gasteiger partial charge in [0.2, 0.25) is 0 Å². The van der Waals surface area contributed by atoms with Gasteiger partial charge in [-0.3, -0.25) is 10.3 Å². The van der Waals surface area contributed by atoms with Crippen LogP contribution in [0.1, 0.15) is 17.3 Å². The lowest BCUT2D eigenvalue weighted by Crippen LogP contribution is -2.55. The van der Waals surface area contributed by atoms with E-state index in [1.165, 1.54) is 43.7 Å². The molecule has 0 bridgehead atoms. The Hall–Kier alpha value is -7.22.